The van der Waals surface area contributed by atoms with Crippen LogP contribution in [0.25, 0.3) is 0 Å². The zero-order valence-corrected chi connectivity index (χ0v) is 25.4. The molecule has 6 nitrogen and oxygen atoms in total. The molecular weight excluding hydrogens is 611 g/mol. The lowest BCUT2D eigenvalue weighted by Gasteiger charge is -2.25. The predicted molar refractivity (Wildman–Crippen MR) is 167 cm³/mol. The maximum atomic E-state index is 14.6. The first-order valence-electron chi connectivity index (χ1n) is 13.8. The molecular formula is C34H31Cl2F2NO5. The highest BCUT2D eigenvalue weighted by Crippen LogP contribution is 2.28. The van der Waals surface area contributed by atoms with Gasteiger partial charge in [-0.25, -0.2) is 4.79 Å². The molecule has 0 aliphatic heterocycles. The molecule has 0 atom stereocenters. The Balaban J connectivity index is 1.26. The highest BCUT2D eigenvalue weighted by molar-refractivity contribution is 6.30. The van der Waals surface area contributed by atoms with Crippen LogP contribution in [0, 0.1) is 0 Å². The first-order valence-corrected chi connectivity index (χ1v) is 14.5. The molecule has 0 amide bonds. The van der Waals surface area contributed by atoms with E-state index < -0.39 is 30.7 Å². The maximum Gasteiger partial charge on any atom is 0.335 e. The number of aromatic carboxylic acids is 1. The third kappa shape index (κ3) is 9.51. The van der Waals surface area contributed by atoms with Gasteiger partial charge in [0.1, 0.15) is 18.1 Å². The summed E-state index contributed by atoms with van der Waals surface area (Å²) in [6.07, 6.45) is -0.785. The number of rotatable bonds is 15. The van der Waals surface area contributed by atoms with E-state index in [1.54, 1.807) is 12.1 Å². The molecule has 10 heteroatoms. The van der Waals surface area contributed by atoms with E-state index in [9.17, 15) is 18.4 Å². The number of alkyl halides is 2. The highest BCUT2D eigenvalue weighted by atomic mass is 35.5. The van der Waals surface area contributed by atoms with Crippen molar-refractivity contribution >= 4 is 35.0 Å². The van der Waals surface area contributed by atoms with Crippen molar-refractivity contribution in [2.24, 2.45) is 0 Å². The van der Waals surface area contributed by atoms with Crippen LogP contribution in [-0.4, -0.2) is 61.0 Å². The minimum atomic E-state index is -3.64. The van der Waals surface area contributed by atoms with E-state index >= 15 is 0 Å². The number of Topliss-reactive ketones (excluding diaryl/α,β-unsaturated/α-hetero) is 1. The lowest BCUT2D eigenvalue weighted by molar-refractivity contribution is -0.145. The molecule has 1 N–H and O–H groups in total. The van der Waals surface area contributed by atoms with Crippen molar-refractivity contribution in [2.45, 2.75) is 18.3 Å². The van der Waals surface area contributed by atoms with Gasteiger partial charge in [0.25, 0.3) is 0 Å². The number of carboxylic acid groups (broad SMARTS) is 1. The summed E-state index contributed by atoms with van der Waals surface area (Å²) >= 11 is 12.2. The third-order valence-electron chi connectivity index (χ3n) is 7.01. The van der Waals surface area contributed by atoms with Crippen LogP contribution in [0.3, 0.4) is 0 Å². The molecule has 0 aliphatic rings. The maximum absolute atomic E-state index is 14.6. The van der Waals surface area contributed by atoms with Gasteiger partial charge in [-0.1, -0.05) is 59.6 Å². The fraction of sp³-hybridized carbons (Fsp3) is 0.235. The van der Waals surface area contributed by atoms with Crippen LogP contribution >= 0.6 is 23.2 Å². The van der Waals surface area contributed by atoms with Crippen molar-refractivity contribution < 1.29 is 33.0 Å². The molecule has 4 rings (SSSR count). The van der Waals surface area contributed by atoms with Crippen molar-refractivity contribution in [2.75, 3.05) is 33.4 Å². The predicted octanol–water partition coefficient (Wildman–Crippen LogP) is 7.66. The Hall–Kier alpha value is -3.98. The van der Waals surface area contributed by atoms with E-state index in [0.717, 1.165) is 11.1 Å². The second-order valence-corrected chi connectivity index (χ2v) is 11.2. The molecule has 0 fully saturated rings. The van der Waals surface area contributed by atoms with Crippen molar-refractivity contribution in [3.05, 3.63) is 129 Å². The minimum Gasteiger partial charge on any atom is -0.492 e. The van der Waals surface area contributed by atoms with E-state index in [1.165, 1.54) is 36.4 Å². The van der Waals surface area contributed by atoms with Crippen LogP contribution in [0.2, 0.25) is 10.0 Å². The van der Waals surface area contributed by atoms with Crippen molar-refractivity contribution in [3.63, 3.8) is 0 Å². The van der Waals surface area contributed by atoms with Crippen LogP contribution < -0.4 is 9.47 Å². The molecule has 4 aromatic rings. The number of halogens is 4. The average molecular weight is 643 g/mol. The molecule has 0 saturated heterocycles. The zero-order valence-electron chi connectivity index (χ0n) is 23.9. The molecule has 0 bridgehead atoms. The first kappa shape index (κ1) is 32.9. The second-order valence-electron chi connectivity index (χ2n) is 10.3. The van der Waals surface area contributed by atoms with E-state index in [2.05, 4.69) is 4.90 Å². The first-order chi connectivity index (χ1) is 21.0. The summed E-state index contributed by atoms with van der Waals surface area (Å²) in [6, 6.07) is 26.9. The summed E-state index contributed by atoms with van der Waals surface area (Å²) in [5.41, 5.74) is 2.53. The molecule has 44 heavy (non-hydrogen) atoms. The van der Waals surface area contributed by atoms with Crippen LogP contribution in [0.1, 0.15) is 33.0 Å². The number of ketones is 1. The van der Waals surface area contributed by atoms with Gasteiger partial charge < -0.3 is 19.5 Å². The summed E-state index contributed by atoms with van der Waals surface area (Å²) in [5.74, 6) is -5.42. The highest BCUT2D eigenvalue weighted by Gasteiger charge is 2.38. The number of carbonyl (C=O) groups excluding carboxylic acids is 1. The van der Waals surface area contributed by atoms with Gasteiger partial charge in [0, 0.05) is 35.5 Å². The van der Waals surface area contributed by atoms with E-state index in [1.807, 2.05) is 55.6 Å². The fourth-order valence-electron chi connectivity index (χ4n) is 4.52. The van der Waals surface area contributed by atoms with Gasteiger partial charge >= 0.3 is 11.9 Å². The van der Waals surface area contributed by atoms with Gasteiger partial charge in [-0.15, -0.1) is 0 Å². The van der Waals surface area contributed by atoms with Crippen LogP contribution in [0.4, 0.5) is 8.78 Å². The minimum absolute atomic E-state index is 0.0189. The normalized spacial score (nSPS) is 11.5. The molecule has 0 heterocycles. The average Bonchev–Trinajstić information content (AvgIpc) is 3.00. The second kappa shape index (κ2) is 15.1. The summed E-state index contributed by atoms with van der Waals surface area (Å²) in [7, 11) is 2.00. The molecule has 0 spiro atoms. The lowest BCUT2D eigenvalue weighted by atomic mass is 9.91. The number of hydrogen-bond donors (Lipinski definition) is 1. The summed E-state index contributed by atoms with van der Waals surface area (Å²) in [4.78, 5) is 25.2. The lowest BCUT2D eigenvalue weighted by Crippen LogP contribution is -2.35. The number of hydrogen-bond acceptors (Lipinski definition) is 5. The standard InChI is InChI=1S/C34H31Cl2F2NO5/c1-39(21-31(24-4-10-27(35)11-5-24)25-6-12-28(36)13-7-25)18-19-43-29-14-2-23(3-15-29)20-34(37,38)32(40)22-44-30-16-8-26(9-17-30)33(41)42/h2-17,31H,18-22H2,1H3,(H,41,42). The van der Waals surface area contributed by atoms with Crippen LogP contribution in [0.15, 0.2) is 97.1 Å². The molecule has 0 saturated carbocycles. The van der Waals surface area contributed by atoms with Crippen molar-refractivity contribution in [1.29, 1.82) is 0 Å². The number of carboxylic acids is 1. The SMILES string of the molecule is CN(CCOc1ccc(CC(F)(F)C(=O)COc2ccc(C(=O)O)cc2)cc1)CC(c1ccc(Cl)cc1)c1ccc(Cl)cc1. The quantitative estimate of drug-likeness (QED) is 0.144. The van der Waals surface area contributed by atoms with Crippen molar-refractivity contribution in [1.82, 2.24) is 4.90 Å². The molecule has 0 aliphatic carbocycles. The number of carbonyl (C=O) groups is 2. The third-order valence-corrected chi connectivity index (χ3v) is 7.51. The fourth-order valence-corrected chi connectivity index (χ4v) is 4.77. The molecule has 0 aromatic heterocycles. The monoisotopic (exact) mass is 641 g/mol. The smallest absolute Gasteiger partial charge is 0.335 e. The van der Waals surface area contributed by atoms with Gasteiger partial charge in [0.05, 0.1) is 5.56 Å². The van der Waals surface area contributed by atoms with E-state index in [0.29, 0.717) is 35.5 Å². The molecule has 0 radical (unpaired) electrons. The van der Waals surface area contributed by atoms with Gasteiger partial charge in [-0.2, -0.15) is 8.78 Å². The summed E-state index contributed by atoms with van der Waals surface area (Å²) < 4.78 is 40.2. The Morgan fingerprint density at radius 2 is 1.30 bits per heavy atom. The summed E-state index contributed by atoms with van der Waals surface area (Å²) in [6.45, 7) is 0.866. The Morgan fingerprint density at radius 3 is 1.82 bits per heavy atom. The van der Waals surface area contributed by atoms with Crippen molar-refractivity contribution in [3.8, 4) is 11.5 Å². The van der Waals surface area contributed by atoms with Crippen LogP contribution in [0.5, 0.6) is 11.5 Å². The largest absolute Gasteiger partial charge is 0.492 e. The topological polar surface area (TPSA) is 76.1 Å². The van der Waals surface area contributed by atoms with Gasteiger partial charge in [0.2, 0.25) is 5.78 Å². The van der Waals surface area contributed by atoms with E-state index in [-0.39, 0.29) is 22.8 Å². The number of benzene rings is 4. The molecule has 230 valence electrons. The Morgan fingerprint density at radius 1 is 0.795 bits per heavy atom. The number of likely N-dealkylation sites (N-methyl/N-ethyl adjacent to an activating group) is 1. The number of nitrogens with zero attached hydrogens (tertiary/aromatic N) is 1. The summed E-state index contributed by atoms with van der Waals surface area (Å²) in [5, 5.41) is 10.3. The Bertz CT molecular complexity index is 1480. The molecule has 4 aromatic carbocycles. The van der Waals surface area contributed by atoms with Crippen LogP contribution in [-0.2, 0) is 11.2 Å². The Labute approximate surface area is 264 Å². The zero-order chi connectivity index (χ0) is 31.7. The Kier molecular flexibility index (Phi) is 11.3. The molecule has 0 unspecified atom stereocenters. The van der Waals surface area contributed by atoms with E-state index in [4.69, 9.17) is 37.8 Å². The van der Waals surface area contributed by atoms with Gasteiger partial charge in [-0.3, -0.25) is 4.79 Å². The van der Waals surface area contributed by atoms with Gasteiger partial charge in [0.15, 0.2) is 6.61 Å². The number of ether oxygens (including phenoxy) is 2. The van der Waals surface area contributed by atoms with Gasteiger partial charge in [-0.05, 0) is 84.4 Å².